The monoisotopic (exact) mass is 292 g/mol. The maximum absolute atomic E-state index is 12.3. The summed E-state index contributed by atoms with van der Waals surface area (Å²) >= 11 is 0. The molecule has 21 heavy (non-hydrogen) atoms. The smallest absolute Gasteiger partial charge is 0.328 e. The van der Waals surface area contributed by atoms with Crippen LogP contribution in [0.2, 0.25) is 0 Å². The summed E-state index contributed by atoms with van der Waals surface area (Å²) in [5.41, 5.74) is 0.662. The molecule has 1 fully saturated rings. The van der Waals surface area contributed by atoms with Gasteiger partial charge in [0.25, 0.3) is 0 Å². The van der Waals surface area contributed by atoms with Crippen molar-refractivity contribution in [3.05, 3.63) is 24.3 Å². The normalized spacial score (nSPS) is 18.0. The van der Waals surface area contributed by atoms with Gasteiger partial charge in [-0.3, -0.25) is 0 Å². The summed E-state index contributed by atoms with van der Waals surface area (Å²) in [4.78, 5) is 25.6. The lowest BCUT2D eigenvalue weighted by Crippen LogP contribution is -2.50. The quantitative estimate of drug-likeness (QED) is 0.868. The highest BCUT2D eigenvalue weighted by atomic mass is 16.5. The number of carbonyl (C=O) groups excluding carboxylic acids is 2. The number of rotatable bonds is 3. The summed E-state index contributed by atoms with van der Waals surface area (Å²) in [7, 11) is 2.93. The average molecular weight is 292 g/mol. The van der Waals surface area contributed by atoms with Crippen LogP contribution in [0.4, 0.5) is 10.5 Å². The Hall–Kier alpha value is -2.24. The first-order valence-electron chi connectivity index (χ1n) is 6.95. The summed E-state index contributed by atoms with van der Waals surface area (Å²) in [5, 5.41) is 2.80. The molecule has 2 rings (SSSR count). The summed E-state index contributed by atoms with van der Waals surface area (Å²) in [6.45, 7) is 0.557. The molecule has 0 aliphatic carbocycles. The lowest BCUT2D eigenvalue weighted by Gasteiger charge is -2.33. The zero-order valence-corrected chi connectivity index (χ0v) is 12.3. The number of nitrogens with zero attached hydrogens (tertiary/aromatic N) is 1. The topological polar surface area (TPSA) is 67.9 Å². The van der Waals surface area contributed by atoms with Gasteiger partial charge in [-0.15, -0.1) is 0 Å². The van der Waals surface area contributed by atoms with Crippen molar-refractivity contribution in [2.75, 3.05) is 26.1 Å². The number of benzene rings is 1. The Labute approximate surface area is 124 Å². The van der Waals surface area contributed by atoms with Crippen molar-refractivity contribution in [1.29, 1.82) is 0 Å². The second-order valence-electron chi connectivity index (χ2n) is 4.89. The molecule has 0 bridgehead atoms. The largest absolute Gasteiger partial charge is 0.497 e. The number of anilines is 1. The third kappa shape index (κ3) is 3.65. The molecule has 6 heteroatoms. The van der Waals surface area contributed by atoms with Crippen LogP contribution in [0.3, 0.4) is 0 Å². The second kappa shape index (κ2) is 6.97. The number of esters is 1. The number of nitrogens with one attached hydrogen (secondary N) is 1. The molecular weight excluding hydrogens is 272 g/mol. The summed E-state index contributed by atoms with van der Waals surface area (Å²) in [6, 6.07) is 6.27. The van der Waals surface area contributed by atoms with Gasteiger partial charge < -0.3 is 19.7 Å². The van der Waals surface area contributed by atoms with Crippen molar-refractivity contribution in [3.63, 3.8) is 0 Å². The Morgan fingerprint density at radius 1 is 1.19 bits per heavy atom. The molecule has 1 N–H and O–H groups in total. The first-order chi connectivity index (χ1) is 10.2. The standard InChI is InChI=1S/C15H20N2O4/c1-20-12-8-6-11(7-9-12)16-15(19)17-10-4-3-5-13(17)14(18)21-2/h6-9,13H,3-5,10H2,1-2H3,(H,16,19). The molecule has 0 radical (unpaired) electrons. The van der Waals surface area contributed by atoms with E-state index in [0.717, 1.165) is 18.6 Å². The second-order valence-corrected chi connectivity index (χ2v) is 4.89. The molecule has 0 aromatic heterocycles. The minimum atomic E-state index is -0.498. The van der Waals surface area contributed by atoms with Crippen molar-refractivity contribution >= 4 is 17.7 Å². The molecule has 1 aromatic carbocycles. The fourth-order valence-corrected chi connectivity index (χ4v) is 2.43. The molecule has 1 aromatic rings. The zero-order chi connectivity index (χ0) is 15.2. The lowest BCUT2D eigenvalue weighted by molar-refractivity contribution is -0.146. The van der Waals surface area contributed by atoms with E-state index < -0.39 is 6.04 Å². The molecule has 1 unspecified atom stereocenters. The van der Waals surface area contributed by atoms with Crippen LogP contribution in [0, 0.1) is 0 Å². The van der Waals surface area contributed by atoms with Gasteiger partial charge in [0.15, 0.2) is 0 Å². The van der Waals surface area contributed by atoms with E-state index >= 15 is 0 Å². The summed E-state index contributed by atoms with van der Waals surface area (Å²) in [5.74, 6) is 0.359. The van der Waals surface area contributed by atoms with E-state index in [1.165, 1.54) is 7.11 Å². The third-order valence-corrected chi connectivity index (χ3v) is 3.58. The third-order valence-electron chi connectivity index (χ3n) is 3.58. The number of piperidine rings is 1. The Bertz CT molecular complexity index is 501. The number of urea groups is 1. The van der Waals surface area contributed by atoms with Crippen molar-refractivity contribution in [1.82, 2.24) is 4.90 Å². The van der Waals surface area contributed by atoms with E-state index in [1.807, 2.05) is 0 Å². The van der Waals surface area contributed by atoms with Gasteiger partial charge in [0.1, 0.15) is 11.8 Å². The van der Waals surface area contributed by atoms with Gasteiger partial charge in [0, 0.05) is 12.2 Å². The van der Waals surface area contributed by atoms with Crippen LogP contribution in [0.1, 0.15) is 19.3 Å². The molecule has 1 heterocycles. The number of carbonyl (C=O) groups is 2. The van der Waals surface area contributed by atoms with E-state index in [-0.39, 0.29) is 12.0 Å². The molecular formula is C15H20N2O4. The van der Waals surface area contributed by atoms with E-state index in [9.17, 15) is 9.59 Å². The maximum Gasteiger partial charge on any atom is 0.328 e. The van der Waals surface area contributed by atoms with Crippen LogP contribution >= 0.6 is 0 Å². The number of methoxy groups -OCH3 is 2. The number of likely N-dealkylation sites (tertiary alicyclic amines) is 1. The Kier molecular flexibility index (Phi) is 5.03. The average Bonchev–Trinajstić information content (AvgIpc) is 2.54. The van der Waals surface area contributed by atoms with Crippen LogP contribution < -0.4 is 10.1 Å². The molecule has 1 atom stereocenters. The van der Waals surface area contributed by atoms with Gasteiger partial charge in [0.2, 0.25) is 0 Å². The number of hydrogen-bond acceptors (Lipinski definition) is 4. The Morgan fingerprint density at radius 3 is 2.52 bits per heavy atom. The highest BCUT2D eigenvalue weighted by Gasteiger charge is 2.32. The highest BCUT2D eigenvalue weighted by molar-refractivity contribution is 5.92. The van der Waals surface area contributed by atoms with Crippen molar-refractivity contribution in [2.45, 2.75) is 25.3 Å². The van der Waals surface area contributed by atoms with Gasteiger partial charge in [0.05, 0.1) is 14.2 Å². The minimum absolute atomic E-state index is 0.282. The van der Waals surface area contributed by atoms with Gasteiger partial charge in [-0.05, 0) is 43.5 Å². The van der Waals surface area contributed by atoms with Crippen LogP contribution in [0.25, 0.3) is 0 Å². The summed E-state index contributed by atoms with van der Waals surface area (Å²) < 4.78 is 9.84. The summed E-state index contributed by atoms with van der Waals surface area (Å²) in [6.07, 6.45) is 2.46. The molecule has 1 aliphatic heterocycles. The van der Waals surface area contributed by atoms with E-state index in [1.54, 1.807) is 36.3 Å². The van der Waals surface area contributed by atoms with Crippen LogP contribution in [0.5, 0.6) is 5.75 Å². The molecule has 0 saturated carbocycles. The Morgan fingerprint density at radius 2 is 1.90 bits per heavy atom. The maximum atomic E-state index is 12.3. The first kappa shape index (κ1) is 15.2. The SMILES string of the molecule is COC(=O)C1CCCCN1C(=O)Nc1ccc(OC)cc1. The zero-order valence-electron chi connectivity index (χ0n) is 12.3. The molecule has 1 saturated heterocycles. The highest BCUT2D eigenvalue weighted by Crippen LogP contribution is 2.20. The minimum Gasteiger partial charge on any atom is -0.497 e. The predicted molar refractivity (Wildman–Crippen MR) is 78.4 cm³/mol. The van der Waals surface area contributed by atoms with Crippen LogP contribution in [-0.4, -0.2) is 43.7 Å². The molecule has 1 aliphatic rings. The first-order valence-corrected chi connectivity index (χ1v) is 6.95. The molecule has 0 spiro atoms. The number of amides is 2. The van der Waals surface area contributed by atoms with Crippen molar-refractivity contribution in [2.24, 2.45) is 0 Å². The van der Waals surface area contributed by atoms with Gasteiger partial charge in [-0.25, -0.2) is 9.59 Å². The fourth-order valence-electron chi connectivity index (χ4n) is 2.43. The van der Waals surface area contributed by atoms with E-state index in [2.05, 4.69) is 5.32 Å². The fraction of sp³-hybridized carbons (Fsp3) is 0.467. The van der Waals surface area contributed by atoms with Crippen LogP contribution in [0.15, 0.2) is 24.3 Å². The molecule has 114 valence electrons. The molecule has 6 nitrogen and oxygen atoms in total. The van der Waals surface area contributed by atoms with Gasteiger partial charge >= 0.3 is 12.0 Å². The van der Waals surface area contributed by atoms with Crippen molar-refractivity contribution in [3.8, 4) is 5.75 Å². The van der Waals surface area contributed by atoms with E-state index in [0.29, 0.717) is 18.7 Å². The van der Waals surface area contributed by atoms with Gasteiger partial charge in [-0.1, -0.05) is 0 Å². The lowest BCUT2D eigenvalue weighted by atomic mass is 10.0. The Balaban J connectivity index is 2.04. The van der Waals surface area contributed by atoms with Gasteiger partial charge in [-0.2, -0.15) is 0 Å². The molecule has 2 amide bonds. The van der Waals surface area contributed by atoms with E-state index in [4.69, 9.17) is 9.47 Å². The predicted octanol–water partition coefficient (Wildman–Crippen LogP) is 2.25. The van der Waals surface area contributed by atoms with Crippen molar-refractivity contribution < 1.29 is 19.1 Å². The number of ether oxygens (including phenoxy) is 2. The number of hydrogen-bond donors (Lipinski definition) is 1. The van der Waals surface area contributed by atoms with Crippen LogP contribution in [-0.2, 0) is 9.53 Å².